The molecule has 0 saturated heterocycles. The lowest BCUT2D eigenvalue weighted by Crippen LogP contribution is -2.04. The van der Waals surface area contributed by atoms with Crippen molar-refractivity contribution in [2.45, 2.75) is 0 Å². The van der Waals surface area contributed by atoms with Crippen molar-refractivity contribution in [2.75, 3.05) is 0 Å². The number of hydrogen-bond donors (Lipinski definition) is 0. The van der Waals surface area contributed by atoms with Crippen molar-refractivity contribution in [1.82, 2.24) is 19.1 Å². The number of para-hydroxylation sites is 3. The predicted molar refractivity (Wildman–Crippen MR) is 248 cm³/mol. The molecule has 0 unspecified atom stereocenters. The summed E-state index contributed by atoms with van der Waals surface area (Å²) < 4.78 is 6.94. The molecule has 0 aliphatic rings. The highest BCUT2D eigenvalue weighted by Gasteiger charge is 2.23. The van der Waals surface area contributed by atoms with Crippen LogP contribution < -0.4 is 0 Å². The van der Waals surface area contributed by atoms with Gasteiger partial charge in [-0.3, -0.25) is 4.57 Å². The highest BCUT2D eigenvalue weighted by Crippen LogP contribution is 2.46. The SMILES string of the molecule is Brc1c(-c2cccc3ccccc23)sc2ccc(-c3ccc4c(c3)c3ccccc3n4-c3nc(-c4ccccc4)c4c(n3)c3ccccc3n4-c3ccccc3)cc12. The summed E-state index contributed by atoms with van der Waals surface area (Å²) in [6.07, 6.45) is 0. The first-order valence-corrected chi connectivity index (χ1v) is 21.0. The fraction of sp³-hybridized carbons (Fsp3) is 0. The molecule has 0 spiro atoms. The largest absolute Gasteiger partial charge is 0.306 e. The smallest absolute Gasteiger partial charge is 0.235 e. The Morgan fingerprint density at radius 2 is 1.07 bits per heavy atom. The Kier molecular flexibility index (Phi) is 7.52. The summed E-state index contributed by atoms with van der Waals surface area (Å²) in [7, 11) is 0. The fourth-order valence-electron chi connectivity index (χ4n) is 8.79. The molecule has 0 fully saturated rings. The van der Waals surface area contributed by atoms with Gasteiger partial charge >= 0.3 is 0 Å². The number of fused-ring (bicyclic) bond motifs is 8. The van der Waals surface area contributed by atoms with Gasteiger partial charge in [-0.1, -0.05) is 140 Å². The summed E-state index contributed by atoms with van der Waals surface area (Å²) in [5, 5.41) is 7.14. The van der Waals surface area contributed by atoms with Crippen LogP contribution in [0.4, 0.5) is 0 Å². The van der Waals surface area contributed by atoms with E-state index in [9.17, 15) is 0 Å². The lowest BCUT2D eigenvalue weighted by molar-refractivity contribution is 1.01. The molecule has 58 heavy (non-hydrogen) atoms. The maximum Gasteiger partial charge on any atom is 0.235 e. The third kappa shape index (κ3) is 5.05. The van der Waals surface area contributed by atoms with Crippen LogP contribution in [0.3, 0.4) is 0 Å². The first-order valence-electron chi connectivity index (χ1n) is 19.4. The zero-order valence-corrected chi connectivity index (χ0v) is 33.4. The van der Waals surface area contributed by atoms with E-state index in [-0.39, 0.29) is 0 Å². The molecular formula is C52H31BrN4S. The standard InChI is InChI=1S/C52H31BrN4S/c53-47-42-31-35(27-29-46(42)58-51(47)39-23-13-17-32-14-7-8-20-37(32)39)34-26-28-45-41(30-34)38-21-9-11-24-43(38)57(45)52-54-48(33-15-3-1-4-16-33)50-49(55-52)40-22-10-12-25-44(40)56(50)36-18-5-2-6-19-36/h1-31H. The van der Waals surface area contributed by atoms with Crippen molar-refractivity contribution in [3.8, 4) is 44.5 Å². The zero-order chi connectivity index (χ0) is 38.3. The third-order valence-corrected chi connectivity index (χ3v) is 13.7. The predicted octanol–water partition coefficient (Wildman–Crippen LogP) is 14.8. The average molecular weight is 824 g/mol. The minimum Gasteiger partial charge on any atom is -0.306 e. The molecule has 0 bridgehead atoms. The van der Waals surface area contributed by atoms with Crippen molar-refractivity contribution >= 4 is 91.9 Å². The second kappa shape index (κ2) is 13.1. The zero-order valence-electron chi connectivity index (χ0n) is 31.0. The van der Waals surface area contributed by atoms with Crippen molar-refractivity contribution in [3.05, 3.63) is 193 Å². The molecule has 0 aliphatic carbocycles. The van der Waals surface area contributed by atoms with Crippen molar-refractivity contribution in [1.29, 1.82) is 0 Å². The number of nitrogens with zero attached hydrogens (tertiary/aromatic N) is 4. The number of rotatable bonds is 5. The molecule has 12 aromatic rings. The van der Waals surface area contributed by atoms with E-state index < -0.39 is 0 Å². The molecule has 4 aromatic heterocycles. The van der Waals surface area contributed by atoms with Crippen LogP contribution >= 0.6 is 27.3 Å². The number of aromatic nitrogens is 4. The Balaban J connectivity index is 1.06. The number of hydrogen-bond acceptors (Lipinski definition) is 3. The van der Waals surface area contributed by atoms with Crippen molar-refractivity contribution in [3.63, 3.8) is 0 Å². The normalized spacial score (nSPS) is 11.9. The number of benzene rings is 8. The molecule has 0 amide bonds. The van der Waals surface area contributed by atoms with E-state index in [1.165, 1.54) is 36.9 Å². The molecular weight excluding hydrogens is 793 g/mol. The van der Waals surface area contributed by atoms with Crippen LogP contribution in [-0.2, 0) is 0 Å². The van der Waals surface area contributed by atoms with Gasteiger partial charge in [-0.15, -0.1) is 11.3 Å². The van der Waals surface area contributed by atoms with Gasteiger partial charge in [0.05, 0.1) is 26.9 Å². The van der Waals surface area contributed by atoms with Crippen LogP contribution in [0.2, 0.25) is 0 Å². The van der Waals surface area contributed by atoms with Gasteiger partial charge in [0.25, 0.3) is 0 Å². The summed E-state index contributed by atoms with van der Waals surface area (Å²) in [4.78, 5) is 12.2. The van der Waals surface area contributed by atoms with Gasteiger partial charge in [-0.25, -0.2) is 9.97 Å². The quantitative estimate of drug-likeness (QED) is 0.173. The van der Waals surface area contributed by atoms with Crippen LogP contribution in [0.15, 0.2) is 193 Å². The van der Waals surface area contributed by atoms with E-state index in [2.05, 4.69) is 213 Å². The number of halogens is 1. The second-order valence-electron chi connectivity index (χ2n) is 14.7. The molecule has 272 valence electrons. The van der Waals surface area contributed by atoms with Gasteiger partial charge in [0.15, 0.2) is 0 Å². The Morgan fingerprint density at radius 1 is 0.448 bits per heavy atom. The molecule has 0 N–H and O–H groups in total. The lowest BCUT2D eigenvalue weighted by Gasteiger charge is -2.13. The molecule has 0 saturated carbocycles. The molecule has 6 heteroatoms. The highest BCUT2D eigenvalue weighted by molar-refractivity contribution is 9.10. The van der Waals surface area contributed by atoms with Crippen LogP contribution in [0.25, 0.3) is 109 Å². The van der Waals surface area contributed by atoms with Crippen molar-refractivity contribution in [2.24, 2.45) is 0 Å². The average Bonchev–Trinajstić information content (AvgIpc) is 3.93. The van der Waals surface area contributed by atoms with E-state index in [1.54, 1.807) is 0 Å². The molecule has 0 radical (unpaired) electrons. The Hall–Kier alpha value is -6.86. The maximum atomic E-state index is 5.49. The first kappa shape index (κ1) is 33.3. The molecule has 4 heterocycles. The Labute approximate surface area is 346 Å². The molecule has 4 nitrogen and oxygen atoms in total. The van der Waals surface area contributed by atoms with Crippen molar-refractivity contribution < 1.29 is 0 Å². The summed E-state index contributed by atoms with van der Waals surface area (Å²) >= 11 is 5.88. The monoisotopic (exact) mass is 822 g/mol. The van der Waals surface area contributed by atoms with Crippen LogP contribution in [0.5, 0.6) is 0 Å². The van der Waals surface area contributed by atoms with E-state index in [0.29, 0.717) is 5.95 Å². The van der Waals surface area contributed by atoms with Crippen LogP contribution in [0.1, 0.15) is 0 Å². The molecule has 12 rings (SSSR count). The van der Waals surface area contributed by atoms with E-state index in [1.807, 2.05) is 11.3 Å². The Bertz CT molecular complexity index is 3580. The minimum atomic E-state index is 0.644. The van der Waals surface area contributed by atoms with E-state index >= 15 is 0 Å². The summed E-state index contributed by atoms with van der Waals surface area (Å²) in [5.74, 6) is 0.644. The Morgan fingerprint density at radius 3 is 1.88 bits per heavy atom. The van der Waals surface area contributed by atoms with Gasteiger partial charge in [-0.05, 0) is 86.4 Å². The molecule has 0 atom stereocenters. The molecule has 0 aliphatic heterocycles. The van der Waals surface area contributed by atoms with Gasteiger partial charge in [0, 0.05) is 47.5 Å². The fourth-order valence-corrected chi connectivity index (χ4v) is 10.8. The topological polar surface area (TPSA) is 35.6 Å². The van der Waals surface area contributed by atoms with Crippen LogP contribution in [0, 0.1) is 0 Å². The van der Waals surface area contributed by atoms with Gasteiger partial charge < -0.3 is 4.57 Å². The summed E-state index contributed by atoms with van der Waals surface area (Å²) in [5.41, 5.74) is 11.7. The highest BCUT2D eigenvalue weighted by atomic mass is 79.9. The van der Waals surface area contributed by atoms with E-state index in [4.69, 9.17) is 9.97 Å². The minimum absolute atomic E-state index is 0.644. The van der Waals surface area contributed by atoms with Crippen LogP contribution in [-0.4, -0.2) is 19.1 Å². The second-order valence-corrected chi connectivity index (χ2v) is 16.5. The summed E-state index contributed by atoms with van der Waals surface area (Å²) in [6, 6.07) is 67.0. The third-order valence-electron chi connectivity index (χ3n) is 11.4. The maximum absolute atomic E-state index is 5.49. The molecule has 8 aromatic carbocycles. The lowest BCUT2D eigenvalue weighted by atomic mass is 10.0. The number of thiophene rings is 1. The van der Waals surface area contributed by atoms with Gasteiger partial charge in [0.1, 0.15) is 11.2 Å². The van der Waals surface area contributed by atoms with E-state index in [0.717, 1.165) is 70.7 Å². The first-order chi connectivity index (χ1) is 28.7. The van der Waals surface area contributed by atoms with Gasteiger partial charge in [-0.2, -0.15) is 0 Å². The van der Waals surface area contributed by atoms with Gasteiger partial charge in [0.2, 0.25) is 5.95 Å². The summed E-state index contributed by atoms with van der Waals surface area (Å²) in [6.45, 7) is 0.